The molecule has 1 aliphatic carbocycles. The molecule has 3 aliphatic rings. The fraction of sp³-hybridized carbons (Fsp3) is 0.447. The molecule has 3 fully saturated rings. The molecule has 348 valence electrons. The van der Waals surface area contributed by atoms with Gasteiger partial charge in [-0.15, -0.1) is 0 Å². The Balaban J connectivity index is 0.864. The zero-order valence-electron chi connectivity index (χ0n) is 37.1. The SMILES string of the molecule is CCC(=O)N[C@H]1C[C@@H](n2cnc3c(NCC(c4ccccc4)c4ccccc4)nc(C(=O)NCCNC(=O)NC4CCN(C(=O)NC5CCN(c6ccccn6)CC5)CC4)nc32)[C@H](O)[C@@H]1O. The van der Waals surface area contributed by atoms with E-state index in [2.05, 4.69) is 81.0 Å². The summed E-state index contributed by atoms with van der Waals surface area (Å²) in [6, 6.07) is 24.1. The molecule has 2 saturated heterocycles. The van der Waals surface area contributed by atoms with Gasteiger partial charge in [-0.1, -0.05) is 73.7 Å². The van der Waals surface area contributed by atoms with Gasteiger partial charge in [0.15, 0.2) is 11.5 Å². The van der Waals surface area contributed by atoms with Crippen LogP contribution >= 0.6 is 0 Å². The lowest BCUT2D eigenvalue weighted by molar-refractivity contribution is -0.122. The van der Waals surface area contributed by atoms with Gasteiger partial charge < -0.3 is 56.5 Å². The number of fused-ring (bicyclic) bond motifs is 1. The minimum atomic E-state index is -1.25. The molecule has 8 rings (SSSR count). The summed E-state index contributed by atoms with van der Waals surface area (Å²) in [7, 11) is 0. The number of imidazole rings is 1. The van der Waals surface area contributed by atoms with Crippen LogP contribution in [-0.2, 0) is 4.79 Å². The average molecular weight is 902 g/mol. The summed E-state index contributed by atoms with van der Waals surface area (Å²) in [4.78, 5) is 74.3. The maximum Gasteiger partial charge on any atom is 0.317 e. The van der Waals surface area contributed by atoms with Crippen LogP contribution in [0.4, 0.5) is 21.2 Å². The number of piperidine rings is 2. The summed E-state index contributed by atoms with van der Waals surface area (Å²) < 4.78 is 1.62. The van der Waals surface area contributed by atoms with E-state index in [0.717, 1.165) is 42.9 Å². The summed E-state index contributed by atoms with van der Waals surface area (Å²) >= 11 is 0. The lowest BCUT2D eigenvalue weighted by Crippen LogP contribution is -2.54. The number of urea groups is 2. The zero-order chi connectivity index (χ0) is 46.0. The van der Waals surface area contributed by atoms with Crippen molar-refractivity contribution in [3.05, 3.63) is 108 Å². The van der Waals surface area contributed by atoms with E-state index in [1.54, 1.807) is 22.6 Å². The van der Waals surface area contributed by atoms with E-state index in [1.807, 2.05) is 54.6 Å². The molecule has 8 N–H and O–H groups in total. The molecule has 0 unspecified atom stereocenters. The quantitative estimate of drug-likeness (QED) is 0.0708. The third-order valence-corrected chi connectivity index (χ3v) is 12.8. The summed E-state index contributed by atoms with van der Waals surface area (Å²) in [6.45, 7) is 5.00. The fourth-order valence-electron chi connectivity index (χ4n) is 9.07. The molecule has 3 aromatic heterocycles. The Bertz CT molecular complexity index is 2370. The summed E-state index contributed by atoms with van der Waals surface area (Å²) in [5.41, 5.74) is 2.76. The number of hydrogen-bond acceptors (Lipinski definition) is 12. The first kappa shape index (κ1) is 45.7. The van der Waals surface area contributed by atoms with E-state index in [-0.39, 0.29) is 73.4 Å². The van der Waals surface area contributed by atoms with Gasteiger partial charge in [0.1, 0.15) is 23.5 Å². The summed E-state index contributed by atoms with van der Waals surface area (Å²) in [5, 5.41) is 40.1. The number of amides is 6. The highest BCUT2D eigenvalue weighted by Gasteiger charge is 2.44. The molecule has 0 spiro atoms. The second-order valence-electron chi connectivity index (χ2n) is 17.1. The number of carbonyl (C=O) groups is 4. The number of rotatable bonds is 15. The minimum Gasteiger partial charge on any atom is -0.388 e. The van der Waals surface area contributed by atoms with Crippen molar-refractivity contribution in [3.8, 4) is 0 Å². The number of nitrogens with zero attached hydrogens (tertiary/aromatic N) is 7. The summed E-state index contributed by atoms with van der Waals surface area (Å²) in [6.07, 6.45) is 4.15. The summed E-state index contributed by atoms with van der Waals surface area (Å²) in [5.74, 6) is 0.152. The van der Waals surface area contributed by atoms with Crippen LogP contribution in [0.15, 0.2) is 91.4 Å². The monoisotopic (exact) mass is 901 g/mol. The largest absolute Gasteiger partial charge is 0.388 e. The Hall–Kier alpha value is -6.86. The van der Waals surface area contributed by atoms with Crippen molar-refractivity contribution in [1.82, 2.24) is 56.0 Å². The van der Waals surface area contributed by atoms with Gasteiger partial charge in [-0.3, -0.25) is 9.59 Å². The standard InChI is InChI=1S/C47H59N13O6/c1-2-38(61)55-35-27-36(41(63)40(35)62)60-29-52-39-42(51-28-34(30-11-5-3-6-12-30)31-13-7-4-8-14-31)56-43(57-44(39)60)45(64)49-21-22-50-46(65)53-32-18-25-59(26-19-32)47(66)54-33-16-23-58(24-17-33)37-15-9-10-20-48-37/h3-15,20,29,32-36,40-41,62-63H,2,16-19,21-28H2,1H3,(H,49,64)(H,54,66)(H,55,61)(H2,50,53,65)(H,51,56,57)/t35-,36+,40+,41-/m0/s1. The normalized spacial score (nSPS) is 20.2. The molecule has 5 heterocycles. The first-order chi connectivity index (χ1) is 32.1. The van der Waals surface area contributed by atoms with Crippen molar-refractivity contribution in [2.75, 3.05) is 56.0 Å². The Morgan fingerprint density at radius 2 is 1.39 bits per heavy atom. The van der Waals surface area contributed by atoms with E-state index in [4.69, 9.17) is 0 Å². The van der Waals surface area contributed by atoms with E-state index in [1.165, 1.54) is 6.33 Å². The number of likely N-dealkylation sites (tertiary alicyclic amines) is 1. The number of carbonyl (C=O) groups excluding carboxylic acids is 4. The van der Waals surface area contributed by atoms with Crippen molar-refractivity contribution in [1.29, 1.82) is 0 Å². The predicted octanol–water partition coefficient (Wildman–Crippen LogP) is 2.90. The molecule has 66 heavy (non-hydrogen) atoms. The number of benzene rings is 2. The molecule has 2 aromatic carbocycles. The highest BCUT2D eigenvalue weighted by molar-refractivity contribution is 5.94. The highest BCUT2D eigenvalue weighted by atomic mass is 16.3. The van der Waals surface area contributed by atoms with Gasteiger partial charge in [0, 0.05) is 76.4 Å². The molecular weight excluding hydrogens is 843 g/mol. The molecule has 4 atom stereocenters. The van der Waals surface area contributed by atoms with Gasteiger partial charge in [-0.2, -0.15) is 0 Å². The molecule has 0 bridgehead atoms. The molecule has 19 nitrogen and oxygen atoms in total. The second-order valence-corrected chi connectivity index (χ2v) is 17.1. The van der Waals surface area contributed by atoms with Crippen LogP contribution in [0.2, 0.25) is 0 Å². The first-order valence-electron chi connectivity index (χ1n) is 22.9. The van der Waals surface area contributed by atoms with Crippen molar-refractivity contribution in [2.24, 2.45) is 0 Å². The van der Waals surface area contributed by atoms with Gasteiger partial charge >= 0.3 is 12.1 Å². The van der Waals surface area contributed by atoms with E-state index in [0.29, 0.717) is 43.8 Å². The van der Waals surface area contributed by atoms with Crippen molar-refractivity contribution >= 4 is 46.7 Å². The highest BCUT2D eigenvalue weighted by Crippen LogP contribution is 2.35. The van der Waals surface area contributed by atoms with Crippen LogP contribution < -0.4 is 36.8 Å². The van der Waals surface area contributed by atoms with Crippen LogP contribution in [0.3, 0.4) is 0 Å². The van der Waals surface area contributed by atoms with Crippen LogP contribution in [-0.4, -0.2) is 140 Å². The van der Waals surface area contributed by atoms with Gasteiger partial charge in [0.25, 0.3) is 5.91 Å². The number of nitrogens with one attached hydrogen (secondary N) is 6. The Morgan fingerprint density at radius 1 is 0.742 bits per heavy atom. The molecule has 5 aromatic rings. The Morgan fingerprint density at radius 3 is 2.06 bits per heavy atom. The van der Waals surface area contributed by atoms with Crippen LogP contribution in [0.25, 0.3) is 11.2 Å². The third-order valence-electron chi connectivity index (χ3n) is 12.8. The van der Waals surface area contributed by atoms with Gasteiger partial charge in [0.05, 0.1) is 18.4 Å². The number of aliphatic hydroxyl groups excluding tert-OH is 2. The van der Waals surface area contributed by atoms with Crippen molar-refractivity contribution in [2.45, 2.75) is 87.7 Å². The molecular formula is C47H59N13O6. The fourth-order valence-corrected chi connectivity index (χ4v) is 9.07. The van der Waals surface area contributed by atoms with Crippen molar-refractivity contribution in [3.63, 3.8) is 0 Å². The molecule has 2 aliphatic heterocycles. The maximum absolute atomic E-state index is 13.7. The smallest absolute Gasteiger partial charge is 0.317 e. The topological polar surface area (TPSA) is 244 Å². The van der Waals surface area contributed by atoms with E-state index in [9.17, 15) is 29.4 Å². The van der Waals surface area contributed by atoms with Gasteiger partial charge in [-0.05, 0) is 55.4 Å². The molecule has 1 saturated carbocycles. The molecule has 0 radical (unpaired) electrons. The predicted molar refractivity (Wildman–Crippen MR) is 248 cm³/mol. The maximum atomic E-state index is 13.7. The second kappa shape index (κ2) is 21.4. The number of pyridine rings is 1. The van der Waals surface area contributed by atoms with Gasteiger partial charge in [0.2, 0.25) is 11.7 Å². The molecule has 19 heteroatoms. The lowest BCUT2D eigenvalue weighted by atomic mass is 9.91. The van der Waals surface area contributed by atoms with Crippen LogP contribution in [0, 0.1) is 0 Å². The number of anilines is 2. The number of hydrogen-bond donors (Lipinski definition) is 8. The number of aromatic nitrogens is 5. The lowest BCUT2D eigenvalue weighted by Gasteiger charge is -2.36. The average Bonchev–Trinajstić information content (AvgIpc) is 3.90. The zero-order valence-corrected chi connectivity index (χ0v) is 37.1. The minimum absolute atomic E-state index is 0.0749. The van der Waals surface area contributed by atoms with Crippen molar-refractivity contribution < 1.29 is 29.4 Å². The third kappa shape index (κ3) is 11.0. The molecule has 6 amide bonds. The first-order valence-corrected chi connectivity index (χ1v) is 22.9. The Labute approximate surface area is 383 Å². The Kier molecular flexibility index (Phi) is 14.8. The van der Waals surface area contributed by atoms with Crippen LogP contribution in [0.1, 0.15) is 79.2 Å². The van der Waals surface area contributed by atoms with Gasteiger partial charge in [-0.25, -0.2) is 29.5 Å². The number of aliphatic hydroxyl groups is 2. The van der Waals surface area contributed by atoms with E-state index < -0.39 is 30.2 Å². The van der Waals surface area contributed by atoms with Crippen LogP contribution in [0.5, 0.6) is 0 Å². The van der Waals surface area contributed by atoms with E-state index >= 15 is 0 Å².